The zero-order chi connectivity index (χ0) is 13.1. The summed E-state index contributed by atoms with van der Waals surface area (Å²) in [7, 11) is 0. The molecule has 1 aromatic rings. The number of hydrogen-bond donors (Lipinski definition) is 1. The third-order valence-electron chi connectivity index (χ3n) is 3.07. The van der Waals surface area contributed by atoms with Gasteiger partial charge in [0.25, 0.3) is 5.91 Å². The quantitative estimate of drug-likeness (QED) is 0.911. The van der Waals surface area contributed by atoms with Crippen LogP contribution in [0.4, 0.5) is 4.39 Å². The smallest absolute Gasteiger partial charge is 0.255 e. The Balaban J connectivity index is 2.15. The maximum absolute atomic E-state index is 13.7. The average Bonchev–Trinajstić information content (AvgIpc) is 2.36. The van der Waals surface area contributed by atoms with Crippen LogP contribution in [0.2, 0.25) is 0 Å². The summed E-state index contributed by atoms with van der Waals surface area (Å²) in [4.78, 5) is 12.1. The number of amides is 1. The molecule has 1 fully saturated rings. The molecule has 0 unspecified atom stereocenters. The monoisotopic (exact) mass is 315 g/mol. The summed E-state index contributed by atoms with van der Waals surface area (Å²) in [6, 6.07) is 3.03. The number of hydrogen-bond acceptors (Lipinski definition) is 2. The van der Waals surface area contributed by atoms with E-state index >= 15 is 0 Å². The average molecular weight is 316 g/mol. The Bertz CT molecular complexity index is 459. The zero-order valence-corrected chi connectivity index (χ0v) is 11.7. The SMILES string of the molecule is Cc1ccc(F)c(C(=O)NC2CCOCC2)c1Br. The van der Waals surface area contributed by atoms with Crippen LogP contribution < -0.4 is 5.32 Å². The van der Waals surface area contributed by atoms with Crippen LogP contribution in [0.5, 0.6) is 0 Å². The molecule has 0 saturated carbocycles. The fourth-order valence-electron chi connectivity index (χ4n) is 1.96. The Morgan fingerprint density at radius 2 is 2.11 bits per heavy atom. The molecule has 1 heterocycles. The van der Waals surface area contributed by atoms with E-state index in [1.807, 2.05) is 6.92 Å². The molecule has 1 aliphatic rings. The van der Waals surface area contributed by atoms with Crippen LogP contribution in [0.3, 0.4) is 0 Å². The molecule has 5 heteroatoms. The molecule has 1 N–H and O–H groups in total. The van der Waals surface area contributed by atoms with E-state index in [2.05, 4.69) is 21.2 Å². The summed E-state index contributed by atoms with van der Waals surface area (Å²) in [5.74, 6) is -0.869. The summed E-state index contributed by atoms with van der Waals surface area (Å²) < 4.78 is 19.5. The molecule has 0 spiro atoms. The van der Waals surface area contributed by atoms with E-state index in [4.69, 9.17) is 4.74 Å². The predicted molar refractivity (Wildman–Crippen MR) is 70.1 cm³/mol. The predicted octanol–water partition coefficient (Wildman–Crippen LogP) is 2.81. The lowest BCUT2D eigenvalue weighted by Crippen LogP contribution is -2.39. The number of ether oxygens (including phenoxy) is 1. The van der Waals surface area contributed by atoms with Gasteiger partial charge in [0.05, 0.1) is 5.56 Å². The molecule has 3 nitrogen and oxygen atoms in total. The molecule has 1 saturated heterocycles. The normalized spacial score (nSPS) is 16.6. The van der Waals surface area contributed by atoms with Gasteiger partial charge in [-0.05, 0) is 47.3 Å². The van der Waals surface area contributed by atoms with E-state index in [0.29, 0.717) is 17.7 Å². The minimum absolute atomic E-state index is 0.0677. The Labute approximate surface area is 114 Å². The first kappa shape index (κ1) is 13.5. The van der Waals surface area contributed by atoms with Crippen molar-refractivity contribution in [1.82, 2.24) is 5.32 Å². The first-order valence-corrected chi connectivity index (χ1v) is 6.72. The van der Waals surface area contributed by atoms with Crippen LogP contribution in [0, 0.1) is 12.7 Å². The van der Waals surface area contributed by atoms with Crippen molar-refractivity contribution in [3.8, 4) is 0 Å². The number of benzene rings is 1. The van der Waals surface area contributed by atoms with E-state index in [0.717, 1.165) is 18.4 Å². The van der Waals surface area contributed by atoms with Gasteiger partial charge in [0.15, 0.2) is 0 Å². The third kappa shape index (κ3) is 2.90. The number of halogens is 2. The standard InChI is InChI=1S/C13H15BrFNO2/c1-8-2-3-10(15)11(12(8)14)13(17)16-9-4-6-18-7-5-9/h2-3,9H,4-7H2,1H3,(H,16,17). The van der Waals surface area contributed by atoms with E-state index in [1.165, 1.54) is 6.07 Å². The summed E-state index contributed by atoms with van der Waals surface area (Å²) >= 11 is 3.27. The van der Waals surface area contributed by atoms with Crippen LogP contribution in [0.1, 0.15) is 28.8 Å². The largest absolute Gasteiger partial charge is 0.381 e. The minimum Gasteiger partial charge on any atom is -0.381 e. The molecule has 1 aromatic carbocycles. The van der Waals surface area contributed by atoms with Gasteiger partial charge < -0.3 is 10.1 Å². The topological polar surface area (TPSA) is 38.3 Å². The molecule has 1 amide bonds. The molecule has 0 aliphatic carbocycles. The van der Waals surface area contributed by atoms with Crippen LogP contribution in [0.25, 0.3) is 0 Å². The summed E-state index contributed by atoms with van der Waals surface area (Å²) in [5.41, 5.74) is 0.926. The molecular weight excluding hydrogens is 301 g/mol. The summed E-state index contributed by atoms with van der Waals surface area (Å²) in [6.45, 7) is 3.11. The van der Waals surface area contributed by atoms with Crippen molar-refractivity contribution in [1.29, 1.82) is 0 Å². The maximum Gasteiger partial charge on any atom is 0.255 e. The van der Waals surface area contributed by atoms with Gasteiger partial charge in [-0.15, -0.1) is 0 Å². The molecule has 18 heavy (non-hydrogen) atoms. The van der Waals surface area contributed by atoms with Gasteiger partial charge in [0.2, 0.25) is 0 Å². The van der Waals surface area contributed by atoms with Gasteiger partial charge in [-0.2, -0.15) is 0 Å². The van der Waals surface area contributed by atoms with Crippen molar-refractivity contribution in [3.05, 3.63) is 33.5 Å². The Hall–Kier alpha value is -0.940. The van der Waals surface area contributed by atoms with Crippen molar-refractivity contribution in [3.63, 3.8) is 0 Å². The second-order valence-electron chi connectivity index (χ2n) is 4.41. The molecule has 1 aliphatic heterocycles. The summed E-state index contributed by atoms with van der Waals surface area (Å²) in [6.07, 6.45) is 1.55. The lowest BCUT2D eigenvalue weighted by atomic mass is 10.1. The molecule has 0 bridgehead atoms. The van der Waals surface area contributed by atoms with E-state index in [9.17, 15) is 9.18 Å². The van der Waals surface area contributed by atoms with E-state index in [-0.39, 0.29) is 17.5 Å². The van der Waals surface area contributed by atoms with Crippen molar-refractivity contribution in [2.45, 2.75) is 25.8 Å². The molecule has 2 rings (SSSR count). The van der Waals surface area contributed by atoms with Gasteiger partial charge in [-0.1, -0.05) is 6.07 Å². The highest BCUT2D eigenvalue weighted by Crippen LogP contribution is 2.24. The number of carbonyl (C=O) groups is 1. The summed E-state index contributed by atoms with van der Waals surface area (Å²) in [5, 5.41) is 2.86. The number of aryl methyl sites for hydroxylation is 1. The van der Waals surface area contributed by atoms with E-state index < -0.39 is 5.82 Å². The molecule has 0 aromatic heterocycles. The Kier molecular flexibility index (Phi) is 4.35. The maximum atomic E-state index is 13.7. The Morgan fingerprint density at radius 1 is 1.44 bits per heavy atom. The van der Waals surface area contributed by atoms with Crippen molar-refractivity contribution in [2.75, 3.05) is 13.2 Å². The molecule has 0 radical (unpaired) electrons. The fourth-order valence-corrected chi connectivity index (χ4v) is 2.47. The minimum atomic E-state index is -0.503. The van der Waals surface area contributed by atoms with E-state index in [1.54, 1.807) is 6.07 Å². The fraction of sp³-hybridized carbons (Fsp3) is 0.462. The molecule has 0 atom stereocenters. The highest BCUT2D eigenvalue weighted by atomic mass is 79.9. The zero-order valence-electron chi connectivity index (χ0n) is 10.1. The number of rotatable bonds is 2. The number of carbonyl (C=O) groups excluding carboxylic acids is 1. The number of nitrogens with one attached hydrogen (secondary N) is 1. The first-order valence-electron chi connectivity index (χ1n) is 5.93. The molecule has 98 valence electrons. The van der Waals surface area contributed by atoms with Crippen LogP contribution >= 0.6 is 15.9 Å². The van der Waals surface area contributed by atoms with Gasteiger partial charge in [0, 0.05) is 23.7 Å². The van der Waals surface area contributed by atoms with Gasteiger partial charge >= 0.3 is 0 Å². The van der Waals surface area contributed by atoms with Crippen molar-refractivity contribution < 1.29 is 13.9 Å². The van der Waals surface area contributed by atoms with Crippen molar-refractivity contribution in [2.24, 2.45) is 0 Å². The molecular formula is C13H15BrFNO2. The van der Waals surface area contributed by atoms with Gasteiger partial charge in [-0.3, -0.25) is 4.79 Å². The first-order chi connectivity index (χ1) is 8.59. The van der Waals surface area contributed by atoms with Crippen molar-refractivity contribution >= 4 is 21.8 Å². The van der Waals surface area contributed by atoms with Gasteiger partial charge in [-0.25, -0.2) is 4.39 Å². The second kappa shape index (κ2) is 5.80. The highest BCUT2D eigenvalue weighted by Gasteiger charge is 2.21. The van der Waals surface area contributed by atoms with Crippen LogP contribution in [-0.4, -0.2) is 25.2 Å². The highest BCUT2D eigenvalue weighted by molar-refractivity contribution is 9.10. The van der Waals surface area contributed by atoms with Gasteiger partial charge in [0.1, 0.15) is 5.82 Å². The lowest BCUT2D eigenvalue weighted by molar-refractivity contribution is 0.0694. The lowest BCUT2D eigenvalue weighted by Gasteiger charge is -2.23. The van der Waals surface area contributed by atoms with Crippen LogP contribution in [0.15, 0.2) is 16.6 Å². The Morgan fingerprint density at radius 3 is 2.78 bits per heavy atom. The van der Waals surface area contributed by atoms with Crippen LogP contribution in [-0.2, 0) is 4.74 Å². The second-order valence-corrected chi connectivity index (χ2v) is 5.21. The third-order valence-corrected chi connectivity index (χ3v) is 4.09.